The van der Waals surface area contributed by atoms with Gasteiger partial charge in [0.1, 0.15) is 10.8 Å². The maximum Gasteiger partial charge on any atom is 0.274 e. The molecule has 0 unspecified atom stereocenters. The van der Waals surface area contributed by atoms with Crippen molar-refractivity contribution in [2.45, 2.75) is 20.2 Å². The van der Waals surface area contributed by atoms with E-state index in [2.05, 4.69) is 10.2 Å². The Morgan fingerprint density at radius 3 is 2.74 bits per heavy atom. The third kappa shape index (κ3) is 4.43. The van der Waals surface area contributed by atoms with Crippen LogP contribution in [0.2, 0.25) is 10.0 Å². The third-order valence-electron chi connectivity index (χ3n) is 4.00. The Kier molecular flexibility index (Phi) is 5.72. The van der Waals surface area contributed by atoms with Gasteiger partial charge in [-0.2, -0.15) is 10.2 Å². The van der Waals surface area contributed by atoms with Gasteiger partial charge in [-0.3, -0.25) is 9.48 Å². The lowest BCUT2D eigenvalue weighted by Crippen LogP contribution is -2.27. The summed E-state index contributed by atoms with van der Waals surface area (Å²) in [5, 5.41) is 9.32. The number of carbonyl (C=O) groups is 1. The van der Waals surface area contributed by atoms with E-state index < -0.39 is 0 Å². The second-order valence-electron chi connectivity index (χ2n) is 6.14. The van der Waals surface area contributed by atoms with E-state index in [4.69, 9.17) is 27.9 Å². The molecular formula is C18H19Cl2N5O2. The lowest BCUT2D eigenvalue weighted by molar-refractivity contribution is 0.0777. The van der Waals surface area contributed by atoms with E-state index in [1.54, 1.807) is 47.1 Å². The number of rotatable bonds is 6. The molecule has 2 aromatic heterocycles. The quantitative estimate of drug-likeness (QED) is 0.626. The highest BCUT2D eigenvalue weighted by Crippen LogP contribution is 2.31. The SMILES string of the molecule is Cc1nn(C)cc1CN(C)C(=O)c1ccn(COc2cccc(Cl)c2Cl)n1. The topological polar surface area (TPSA) is 65.2 Å². The molecule has 0 atom stereocenters. The molecule has 2 heterocycles. The molecule has 0 aliphatic carbocycles. The maximum atomic E-state index is 12.6. The predicted octanol–water partition coefficient (Wildman–Crippen LogP) is 3.54. The molecule has 0 spiro atoms. The number of hydrogen-bond donors (Lipinski definition) is 0. The van der Waals surface area contributed by atoms with Gasteiger partial charge in [0.15, 0.2) is 12.4 Å². The number of aryl methyl sites for hydroxylation is 2. The highest BCUT2D eigenvalue weighted by Gasteiger charge is 2.17. The van der Waals surface area contributed by atoms with E-state index in [1.807, 2.05) is 20.2 Å². The Bertz CT molecular complexity index is 967. The summed E-state index contributed by atoms with van der Waals surface area (Å²) in [6.45, 7) is 2.49. The summed E-state index contributed by atoms with van der Waals surface area (Å²) in [6.07, 6.45) is 3.58. The molecule has 0 saturated heterocycles. The lowest BCUT2D eigenvalue weighted by Gasteiger charge is -2.15. The standard InChI is InChI=1S/C18H19Cl2N5O2/c1-12-13(10-24(3)21-12)9-23(2)18(26)15-7-8-25(22-15)11-27-16-6-4-5-14(19)17(16)20/h4-8,10H,9,11H2,1-3H3. The zero-order valence-corrected chi connectivity index (χ0v) is 16.7. The van der Waals surface area contributed by atoms with Crippen LogP contribution in [0.15, 0.2) is 36.7 Å². The number of carbonyl (C=O) groups excluding carboxylic acids is 1. The molecule has 142 valence electrons. The van der Waals surface area contributed by atoms with Crippen molar-refractivity contribution in [2.75, 3.05) is 7.05 Å². The zero-order valence-electron chi connectivity index (χ0n) is 15.2. The predicted molar refractivity (Wildman–Crippen MR) is 103 cm³/mol. The van der Waals surface area contributed by atoms with Gasteiger partial charge >= 0.3 is 0 Å². The van der Waals surface area contributed by atoms with E-state index in [0.29, 0.717) is 28.0 Å². The molecule has 0 aliphatic heterocycles. The molecule has 0 aliphatic rings. The molecule has 0 bridgehead atoms. The van der Waals surface area contributed by atoms with Crippen LogP contribution in [0, 0.1) is 6.92 Å². The van der Waals surface area contributed by atoms with Crippen molar-refractivity contribution in [3.63, 3.8) is 0 Å². The van der Waals surface area contributed by atoms with Crippen LogP contribution in [-0.4, -0.2) is 37.4 Å². The first-order valence-corrected chi connectivity index (χ1v) is 8.95. The number of hydrogen-bond acceptors (Lipinski definition) is 4. The van der Waals surface area contributed by atoms with Gasteiger partial charge in [0.05, 0.1) is 10.7 Å². The van der Waals surface area contributed by atoms with Crippen molar-refractivity contribution >= 4 is 29.1 Å². The molecule has 0 N–H and O–H groups in total. The molecule has 0 radical (unpaired) electrons. The Morgan fingerprint density at radius 1 is 1.26 bits per heavy atom. The van der Waals surface area contributed by atoms with Gasteiger partial charge < -0.3 is 9.64 Å². The summed E-state index contributed by atoms with van der Waals surface area (Å²) in [7, 11) is 3.59. The first-order chi connectivity index (χ1) is 12.8. The normalized spacial score (nSPS) is 10.9. The Labute approximate surface area is 167 Å². The van der Waals surface area contributed by atoms with Crippen molar-refractivity contribution in [3.05, 3.63) is 63.7 Å². The van der Waals surface area contributed by atoms with Gasteiger partial charge in [-0.1, -0.05) is 29.3 Å². The Hall–Kier alpha value is -2.51. The van der Waals surface area contributed by atoms with Crippen molar-refractivity contribution in [2.24, 2.45) is 7.05 Å². The van der Waals surface area contributed by atoms with Gasteiger partial charge in [-0.15, -0.1) is 0 Å². The van der Waals surface area contributed by atoms with E-state index in [1.165, 1.54) is 4.68 Å². The Balaban J connectivity index is 1.63. The van der Waals surface area contributed by atoms with Crippen LogP contribution >= 0.6 is 23.2 Å². The maximum absolute atomic E-state index is 12.6. The van der Waals surface area contributed by atoms with Crippen LogP contribution in [0.1, 0.15) is 21.7 Å². The average Bonchev–Trinajstić information content (AvgIpc) is 3.22. The fraction of sp³-hybridized carbons (Fsp3) is 0.278. The number of nitrogens with zero attached hydrogens (tertiary/aromatic N) is 5. The van der Waals surface area contributed by atoms with Crippen molar-refractivity contribution in [1.82, 2.24) is 24.5 Å². The summed E-state index contributed by atoms with van der Waals surface area (Å²) < 4.78 is 8.87. The molecule has 0 fully saturated rings. The van der Waals surface area contributed by atoms with Crippen LogP contribution in [0.5, 0.6) is 5.75 Å². The van der Waals surface area contributed by atoms with Crippen LogP contribution in [-0.2, 0) is 20.3 Å². The van der Waals surface area contributed by atoms with E-state index >= 15 is 0 Å². The highest BCUT2D eigenvalue weighted by atomic mass is 35.5. The van der Waals surface area contributed by atoms with Gasteiger partial charge in [0.2, 0.25) is 0 Å². The molecule has 3 aromatic rings. The minimum Gasteiger partial charge on any atom is -0.470 e. The number of benzene rings is 1. The van der Waals surface area contributed by atoms with E-state index in [-0.39, 0.29) is 12.6 Å². The second kappa shape index (κ2) is 8.02. The van der Waals surface area contributed by atoms with Crippen LogP contribution in [0.3, 0.4) is 0 Å². The van der Waals surface area contributed by atoms with Crippen molar-refractivity contribution in [3.8, 4) is 5.75 Å². The van der Waals surface area contributed by atoms with Gasteiger partial charge in [0, 0.05) is 38.6 Å². The van der Waals surface area contributed by atoms with Crippen LogP contribution < -0.4 is 4.74 Å². The molecule has 27 heavy (non-hydrogen) atoms. The molecule has 3 rings (SSSR count). The summed E-state index contributed by atoms with van der Waals surface area (Å²) in [6, 6.07) is 6.80. The molecule has 9 heteroatoms. The number of aromatic nitrogens is 4. The molecule has 1 aromatic carbocycles. The largest absolute Gasteiger partial charge is 0.470 e. The fourth-order valence-electron chi connectivity index (χ4n) is 2.61. The number of halogens is 2. The number of ether oxygens (including phenoxy) is 1. The smallest absolute Gasteiger partial charge is 0.274 e. The third-order valence-corrected chi connectivity index (χ3v) is 4.80. The summed E-state index contributed by atoms with van der Waals surface area (Å²) in [5.74, 6) is 0.273. The van der Waals surface area contributed by atoms with Crippen LogP contribution in [0.4, 0.5) is 0 Å². The average molecular weight is 408 g/mol. The first kappa shape index (κ1) is 19.3. The monoisotopic (exact) mass is 407 g/mol. The zero-order chi connectivity index (χ0) is 19.6. The molecule has 7 nitrogen and oxygen atoms in total. The number of amides is 1. The van der Waals surface area contributed by atoms with Gasteiger partial charge in [-0.05, 0) is 25.1 Å². The van der Waals surface area contributed by atoms with E-state index in [0.717, 1.165) is 11.3 Å². The molecule has 0 saturated carbocycles. The second-order valence-corrected chi connectivity index (χ2v) is 6.93. The summed E-state index contributed by atoms with van der Waals surface area (Å²) >= 11 is 12.1. The first-order valence-electron chi connectivity index (χ1n) is 8.20. The van der Waals surface area contributed by atoms with Gasteiger partial charge in [-0.25, -0.2) is 4.68 Å². The highest BCUT2D eigenvalue weighted by molar-refractivity contribution is 6.42. The lowest BCUT2D eigenvalue weighted by atomic mass is 10.2. The van der Waals surface area contributed by atoms with Crippen molar-refractivity contribution < 1.29 is 9.53 Å². The van der Waals surface area contributed by atoms with Gasteiger partial charge in [0.25, 0.3) is 5.91 Å². The minimum atomic E-state index is -0.183. The summed E-state index contributed by atoms with van der Waals surface area (Å²) in [4.78, 5) is 14.2. The molecular weight excluding hydrogens is 389 g/mol. The van der Waals surface area contributed by atoms with Crippen LogP contribution in [0.25, 0.3) is 0 Å². The minimum absolute atomic E-state index is 0.110. The fourth-order valence-corrected chi connectivity index (χ4v) is 2.95. The molecule has 1 amide bonds. The summed E-state index contributed by atoms with van der Waals surface area (Å²) in [5.41, 5.74) is 2.22. The van der Waals surface area contributed by atoms with E-state index in [9.17, 15) is 4.79 Å². The Morgan fingerprint density at radius 2 is 2.04 bits per heavy atom. The van der Waals surface area contributed by atoms with Crippen molar-refractivity contribution in [1.29, 1.82) is 0 Å².